The molecule has 6 nitrogen and oxygen atoms in total. The monoisotopic (exact) mass is 365 g/mol. The van der Waals surface area contributed by atoms with Crippen molar-refractivity contribution in [3.63, 3.8) is 0 Å². The minimum Gasteiger partial charge on any atom is -0.497 e. The summed E-state index contributed by atoms with van der Waals surface area (Å²) in [5.74, 6) is 2.21. The molecular weight excluding hydrogens is 342 g/mol. The number of carbonyl (C=O) groups is 1. The standard InChI is InChI=1S/C21H23N3O3/c1-5-21(6-2)14-10-16-17(11-15(14)24-20(21)25)23-19(22-16)13-8-7-12(26-3)9-18(13)27-4/h7-11H,5-6H2,1-4H3,(H,22,23)(H,24,25). The second-order valence-electron chi connectivity index (χ2n) is 6.81. The Labute approximate surface area is 157 Å². The van der Waals surface area contributed by atoms with E-state index in [1.165, 1.54) is 0 Å². The lowest BCUT2D eigenvalue weighted by atomic mass is 9.77. The second kappa shape index (κ2) is 6.30. The maximum atomic E-state index is 12.6. The van der Waals surface area contributed by atoms with E-state index in [2.05, 4.69) is 24.1 Å². The number of anilines is 1. The maximum absolute atomic E-state index is 12.6. The van der Waals surface area contributed by atoms with Crippen molar-refractivity contribution in [1.82, 2.24) is 9.97 Å². The molecule has 0 saturated carbocycles. The molecule has 2 aromatic carbocycles. The highest BCUT2D eigenvalue weighted by Crippen LogP contribution is 2.44. The first-order valence-electron chi connectivity index (χ1n) is 9.14. The summed E-state index contributed by atoms with van der Waals surface area (Å²) in [6, 6.07) is 9.65. The summed E-state index contributed by atoms with van der Waals surface area (Å²) in [7, 11) is 3.25. The molecule has 140 valence electrons. The van der Waals surface area contributed by atoms with Crippen molar-refractivity contribution in [3.8, 4) is 22.9 Å². The smallest absolute Gasteiger partial charge is 0.235 e. The predicted octanol–water partition coefficient (Wildman–Crippen LogP) is 4.26. The van der Waals surface area contributed by atoms with E-state index in [0.29, 0.717) is 5.75 Å². The number of nitrogens with one attached hydrogen (secondary N) is 2. The van der Waals surface area contributed by atoms with Crippen LogP contribution in [0.25, 0.3) is 22.4 Å². The van der Waals surface area contributed by atoms with Gasteiger partial charge in [-0.05, 0) is 42.7 Å². The molecule has 0 bridgehead atoms. The molecule has 0 fully saturated rings. The number of hydrogen-bond donors (Lipinski definition) is 2. The van der Waals surface area contributed by atoms with Crippen LogP contribution in [0.3, 0.4) is 0 Å². The Hall–Kier alpha value is -3.02. The Bertz CT molecular complexity index is 1030. The molecule has 0 spiro atoms. The largest absolute Gasteiger partial charge is 0.497 e. The van der Waals surface area contributed by atoms with Crippen molar-refractivity contribution in [1.29, 1.82) is 0 Å². The van der Waals surface area contributed by atoms with Gasteiger partial charge in [-0.25, -0.2) is 4.98 Å². The van der Waals surface area contributed by atoms with Crippen molar-refractivity contribution >= 4 is 22.6 Å². The van der Waals surface area contributed by atoms with Crippen LogP contribution in [0.15, 0.2) is 30.3 Å². The lowest BCUT2D eigenvalue weighted by molar-refractivity contribution is -0.121. The molecule has 0 atom stereocenters. The third-order valence-electron chi connectivity index (χ3n) is 5.69. The third kappa shape index (κ3) is 2.47. The first-order valence-corrected chi connectivity index (χ1v) is 9.14. The molecule has 0 radical (unpaired) electrons. The fourth-order valence-corrected chi connectivity index (χ4v) is 3.99. The number of hydrogen-bond acceptors (Lipinski definition) is 4. The highest BCUT2D eigenvalue weighted by Gasteiger charge is 2.44. The Morgan fingerprint density at radius 3 is 2.52 bits per heavy atom. The number of ether oxygens (including phenoxy) is 2. The summed E-state index contributed by atoms with van der Waals surface area (Å²) in [6.45, 7) is 4.11. The Morgan fingerprint density at radius 1 is 1.07 bits per heavy atom. The van der Waals surface area contributed by atoms with Crippen LogP contribution in [0.1, 0.15) is 32.3 Å². The predicted molar refractivity (Wildman–Crippen MR) is 106 cm³/mol. The van der Waals surface area contributed by atoms with Crippen molar-refractivity contribution in [2.45, 2.75) is 32.1 Å². The van der Waals surface area contributed by atoms with Crippen molar-refractivity contribution in [2.24, 2.45) is 0 Å². The van der Waals surface area contributed by atoms with Crippen molar-refractivity contribution < 1.29 is 14.3 Å². The van der Waals surface area contributed by atoms with Crippen LogP contribution < -0.4 is 14.8 Å². The molecule has 4 rings (SSSR count). The fourth-order valence-electron chi connectivity index (χ4n) is 3.99. The number of fused-ring (bicyclic) bond motifs is 2. The molecule has 1 aliphatic heterocycles. The van der Waals surface area contributed by atoms with Gasteiger partial charge in [0.15, 0.2) is 0 Å². The zero-order valence-corrected chi connectivity index (χ0v) is 16.0. The van der Waals surface area contributed by atoms with Crippen LogP contribution in [0.5, 0.6) is 11.5 Å². The SMILES string of the molecule is CCC1(CC)C(=O)Nc2cc3[nH]c(-c4ccc(OC)cc4OC)nc3cc21. The number of amides is 1. The molecule has 2 N–H and O–H groups in total. The van der Waals surface area contributed by atoms with Crippen LogP contribution >= 0.6 is 0 Å². The molecular formula is C21H23N3O3. The Morgan fingerprint density at radius 2 is 1.85 bits per heavy atom. The van der Waals surface area contributed by atoms with Gasteiger partial charge in [-0.3, -0.25) is 4.79 Å². The highest BCUT2D eigenvalue weighted by atomic mass is 16.5. The summed E-state index contributed by atoms with van der Waals surface area (Å²) in [5.41, 5.74) is 4.00. The van der Waals surface area contributed by atoms with Crippen molar-refractivity contribution in [2.75, 3.05) is 19.5 Å². The van der Waals surface area contributed by atoms with Crippen LogP contribution in [0, 0.1) is 0 Å². The third-order valence-corrected chi connectivity index (χ3v) is 5.69. The Kier molecular flexibility index (Phi) is 4.06. The van der Waals surface area contributed by atoms with E-state index < -0.39 is 5.41 Å². The van der Waals surface area contributed by atoms with Gasteiger partial charge in [-0.15, -0.1) is 0 Å². The fraction of sp³-hybridized carbons (Fsp3) is 0.333. The summed E-state index contributed by atoms with van der Waals surface area (Å²) in [4.78, 5) is 20.7. The van der Waals surface area contributed by atoms with Gasteiger partial charge in [-0.1, -0.05) is 13.8 Å². The zero-order valence-electron chi connectivity index (χ0n) is 16.0. The number of nitrogens with zero attached hydrogens (tertiary/aromatic N) is 1. The molecule has 0 unspecified atom stereocenters. The van der Waals surface area contributed by atoms with Crippen LogP contribution in [0.4, 0.5) is 5.69 Å². The van der Waals surface area contributed by atoms with E-state index in [9.17, 15) is 4.79 Å². The first kappa shape index (κ1) is 17.4. The number of rotatable bonds is 5. The number of methoxy groups -OCH3 is 2. The van der Waals surface area contributed by atoms with E-state index in [-0.39, 0.29) is 5.91 Å². The highest BCUT2D eigenvalue weighted by molar-refractivity contribution is 6.08. The summed E-state index contributed by atoms with van der Waals surface area (Å²) in [6.07, 6.45) is 1.52. The van der Waals surface area contributed by atoms with Gasteiger partial charge >= 0.3 is 0 Å². The number of aromatic amines is 1. The number of aromatic nitrogens is 2. The summed E-state index contributed by atoms with van der Waals surface area (Å²) < 4.78 is 10.8. The van der Waals surface area contributed by atoms with Gasteiger partial charge in [0.2, 0.25) is 5.91 Å². The molecule has 6 heteroatoms. The topological polar surface area (TPSA) is 76.2 Å². The Balaban J connectivity index is 1.85. The second-order valence-corrected chi connectivity index (χ2v) is 6.81. The van der Waals surface area contributed by atoms with Gasteiger partial charge in [0.1, 0.15) is 17.3 Å². The number of H-pyrrole nitrogens is 1. The molecule has 1 aromatic heterocycles. The van der Waals surface area contributed by atoms with E-state index in [1.807, 2.05) is 30.3 Å². The number of imidazole rings is 1. The lowest BCUT2D eigenvalue weighted by Gasteiger charge is -2.23. The molecule has 3 aromatic rings. The summed E-state index contributed by atoms with van der Waals surface area (Å²) in [5, 5.41) is 3.04. The van der Waals surface area contributed by atoms with Crippen LogP contribution in [0.2, 0.25) is 0 Å². The van der Waals surface area contributed by atoms with Gasteiger partial charge in [-0.2, -0.15) is 0 Å². The van der Waals surface area contributed by atoms with Crippen LogP contribution in [-0.4, -0.2) is 30.1 Å². The van der Waals surface area contributed by atoms with E-state index in [0.717, 1.165) is 52.3 Å². The van der Waals surface area contributed by atoms with Crippen molar-refractivity contribution in [3.05, 3.63) is 35.9 Å². The lowest BCUT2D eigenvalue weighted by Crippen LogP contribution is -2.32. The van der Waals surface area contributed by atoms with Gasteiger partial charge < -0.3 is 19.8 Å². The molecule has 0 aliphatic carbocycles. The minimum absolute atomic E-state index is 0.0761. The van der Waals surface area contributed by atoms with E-state index in [1.54, 1.807) is 14.2 Å². The van der Waals surface area contributed by atoms with Gasteiger partial charge in [0.05, 0.1) is 36.2 Å². The molecule has 27 heavy (non-hydrogen) atoms. The van der Waals surface area contributed by atoms with Gasteiger partial charge in [0, 0.05) is 11.8 Å². The number of carbonyl (C=O) groups excluding carboxylic acids is 1. The average molecular weight is 365 g/mol. The molecule has 2 heterocycles. The quantitative estimate of drug-likeness (QED) is 0.708. The molecule has 0 saturated heterocycles. The van der Waals surface area contributed by atoms with Crippen LogP contribution in [-0.2, 0) is 10.2 Å². The minimum atomic E-state index is -0.472. The van der Waals surface area contributed by atoms with Gasteiger partial charge in [0.25, 0.3) is 0 Å². The van der Waals surface area contributed by atoms with E-state index >= 15 is 0 Å². The normalized spacial score (nSPS) is 14.9. The number of benzene rings is 2. The molecule has 1 aliphatic rings. The maximum Gasteiger partial charge on any atom is 0.235 e. The summed E-state index contributed by atoms with van der Waals surface area (Å²) >= 11 is 0. The molecule has 1 amide bonds. The first-order chi connectivity index (χ1) is 13.1. The zero-order chi connectivity index (χ0) is 19.2. The van der Waals surface area contributed by atoms with E-state index in [4.69, 9.17) is 14.5 Å². The average Bonchev–Trinajstić information content (AvgIpc) is 3.22.